The topological polar surface area (TPSA) is 66.6 Å². The van der Waals surface area contributed by atoms with Crippen LogP contribution in [0.5, 0.6) is 0 Å². The molecular weight excluding hydrogens is 144 g/mol. The maximum absolute atomic E-state index is 10.5. The van der Waals surface area contributed by atoms with Crippen LogP contribution in [0.25, 0.3) is 0 Å². The number of rotatable bonds is 1. The first-order valence-corrected chi connectivity index (χ1v) is 3.17. The van der Waals surface area contributed by atoms with Gasteiger partial charge in [0, 0.05) is 19.4 Å². The molecule has 0 aromatic heterocycles. The number of hydrogen-bond donors (Lipinski definition) is 2. The van der Waals surface area contributed by atoms with E-state index >= 15 is 0 Å². The summed E-state index contributed by atoms with van der Waals surface area (Å²) in [5, 5.41) is 8.64. The van der Waals surface area contributed by atoms with Gasteiger partial charge in [-0.15, -0.1) is 0 Å². The molecule has 60 valence electrons. The minimum absolute atomic E-state index is 1.04. The van der Waals surface area contributed by atoms with Crippen molar-refractivity contribution in [1.29, 1.82) is 0 Å². The zero-order valence-corrected chi connectivity index (χ0v) is 6.19. The van der Waals surface area contributed by atoms with Crippen molar-refractivity contribution in [2.24, 2.45) is 5.73 Å². The molecule has 0 saturated carbocycles. The molecule has 3 N–H and O–H groups in total. The molecule has 0 aromatic rings. The van der Waals surface area contributed by atoms with Gasteiger partial charge in [0.05, 0.1) is 0 Å². The summed E-state index contributed by atoms with van der Waals surface area (Å²) in [6, 6.07) is 0. The van der Waals surface area contributed by atoms with E-state index in [0.29, 0.717) is 0 Å². The maximum atomic E-state index is 10.5. The average Bonchev–Trinajstić information content (AvgIpc) is 1.95. The smallest absolute Gasteiger partial charge is 0.331 e. The van der Waals surface area contributed by atoms with Crippen molar-refractivity contribution in [3.63, 3.8) is 0 Å². The third-order valence-electron chi connectivity index (χ3n) is 1.54. The molecule has 0 aromatic carbocycles. The van der Waals surface area contributed by atoms with Crippen molar-refractivity contribution in [2.45, 2.75) is 5.54 Å². The molecule has 1 rings (SSSR count). The first-order chi connectivity index (χ1) is 5.04. The molecule has 0 saturated heterocycles. The maximum Gasteiger partial charge on any atom is 0.331 e. The van der Waals surface area contributed by atoms with Crippen LogP contribution in [0, 0.1) is 0 Å². The van der Waals surface area contributed by atoms with E-state index in [1.165, 1.54) is 12.2 Å². The summed E-state index contributed by atoms with van der Waals surface area (Å²) in [5.41, 5.74) is 4.14. The first-order valence-electron chi connectivity index (χ1n) is 3.17. The monoisotopic (exact) mass is 154 g/mol. The summed E-state index contributed by atoms with van der Waals surface area (Å²) in [6.07, 6.45) is 6.12. The van der Waals surface area contributed by atoms with Gasteiger partial charge in [-0.2, -0.15) is 0 Å². The Labute approximate surface area is 64.6 Å². The van der Waals surface area contributed by atoms with Gasteiger partial charge in [0.15, 0.2) is 5.54 Å². The van der Waals surface area contributed by atoms with Gasteiger partial charge < -0.3 is 15.7 Å². The Morgan fingerprint density at radius 1 is 1.55 bits per heavy atom. The molecule has 0 spiro atoms. The van der Waals surface area contributed by atoms with E-state index in [9.17, 15) is 4.79 Å². The van der Waals surface area contributed by atoms with Gasteiger partial charge in [-0.05, 0) is 12.2 Å². The zero-order chi connectivity index (χ0) is 8.48. The van der Waals surface area contributed by atoms with E-state index in [0.717, 1.165) is 0 Å². The number of aliphatic carboxylic acids is 1. The van der Waals surface area contributed by atoms with Gasteiger partial charge in [0.1, 0.15) is 0 Å². The van der Waals surface area contributed by atoms with Gasteiger partial charge in [-0.25, -0.2) is 4.79 Å². The van der Waals surface area contributed by atoms with Crippen molar-refractivity contribution in [1.82, 2.24) is 4.90 Å². The Hall–Kier alpha value is -1.29. The fourth-order valence-corrected chi connectivity index (χ4v) is 0.730. The van der Waals surface area contributed by atoms with Crippen LogP contribution in [0.3, 0.4) is 0 Å². The average molecular weight is 154 g/mol. The Kier molecular flexibility index (Phi) is 1.70. The molecule has 1 aliphatic rings. The molecule has 4 nitrogen and oxygen atoms in total. The number of hydrogen-bond acceptors (Lipinski definition) is 3. The molecule has 0 atom stereocenters. The van der Waals surface area contributed by atoms with Gasteiger partial charge in [0.2, 0.25) is 0 Å². The molecule has 0 aliphatic carbocycles. The Morgan fingerprint density at radius 3 is 2.36 bits per heavy atom. The second-order valence-corrected chi connectivity index (χ2v) is 2.54. The summed E-state index contributed by atoms with van der Waals surface area (Å²) in [4.78, 5) is 12.3. The summed E-state index contributed by atoms with van der Waals surface area (Å²) in [6.45, 7) is 0. The largest absolute Gasteiger partial charge is 0.479 e. The number of carboxylic acid groups (broad SMARTS) is 1. The summed E-state index contributed by atoms with van der Waals surface area (Å²) in [5.74, 6) is -1.04. The van der Waals surface area contributed by atoms with Gasteiger partial charge in [-0.1, -0.05) is 0 Å². The van der Waals surface area contributed by atoms with Crippen molar-refractivity contribution < 1.29 is 9.90 Å². The highest BCUT2D eigenvalue weighted by Gasteiger charge is 2.29. The molecule has 0 radical (unpaired) electrons. The molecule has 4 heteroatoms. The lowest BCUT2D eigenvalue weighted by Gasteiger charge is -2.22. The molecule has 0 unspecified atom stereocenters. The van der Waals surface area contributed by atoms with Crippen molar-refractivity contribution in [3.05, 3.63) is 24.6 Å². The van der Waals surface area contributed by atoms with Crippen LogP contribution in [0.4, 0.5) is 0 Å². The third-order valence-corrected chi connectivity index (χ3v) is 1.54. The van der Waals surface area contributed by atoms with E-state index in [1.807, 2.05) is 0 Å². The highest BCUT2D eigenvalue weighted by molar-refractivity contribution is 5.84. The molecule has 0 amide bonds. The van der Waals surface area contributed by atoms with E-state index in [-0.39, 0.29) is 0 Å². The number of carboxylic acids is 1. The number of nitrogens with two attached hydrogens (primary N) is 1. The number of carbonyl (C=O) groups is 1. The Balaban J connectivity index is 2.85. The second-order valence-electron chi connectivity index (χ2n) is 2.54. The minimum atomic E-state index is -1.33. The first kappa shape index (κ1) is 7.81. The summed E-state index contributed by atoms with van der Waals surface area (Å²) >= 11 is 0. The van der Waals surface area contributed by atoms with E-state index < -0.39 is 11.5 Å². The summed E-state index contributed by atoms with van der Waals surface area (Å²) in [7, 11) is 1.80. The molecule has 0 bridgehead atoms. The molecule has 11 heavy (non-hydrogen) atoms. The van der Waals surface area contributed by atoms with E-state index in [2.05, 4.69) is 0 Å². The Morgan fingerprint density at radius 2 is 2.00 bits per heavy atom. The van der Waals surface area contributed by atoms with Crippen LogP contribution in [0.1, 0.15) is 0 Å². The molecule has 1 heterocycles. The van der Waals surface area contributed by atoms with Crippen LogP contribution >= 0.6 is 0 Å². The molecular formula is C7H10N2O2. The number of nitrogens with zero attached hydrogens (tertiary/aromatic N) is 1. The fourth-order valence-electron chi connectivity index (χ4n) is 0.730. The van der Waals surface area contributed by atoms with Crippen LogP contribution in [-0.4, -0.2) is 28.6 Å². The zero-order valence-electron chi connectivity index (χ0n) is 6.19. The highest BCUT2D eigenvalue weighted by atomic mass is 16.4. The second kappa shape index (κ2) is 2.39. The van der Waals surface area contributed by atoms with E-state index in [4.69, 9.17) is 10.8 Å². The van der Waals surface area contributed by atoms with Gasteiger partial charge in [0.25, 0.3) is 0 Å². The normalized spacial score (nSPS) is 20.4. The van der Waals surface area contributed by atoms with E-state index in [1.54, 1.807) is 24.3 Å². The van der Waals surface area contributed by atoms with Crippen LogP contribution < -0.4 is 5.73 Å². The minimum Gasteiger partial charge on any atom is -0.479 e. The predicted molar refractivity (Wildman–Crippen MR) is 40.6 cm³/mol. The predicted octanol–water partition coefficient (Wildman–Crippen LogP) is -0.259. The van der Waals surface area contributed by atoms with Gasteiger partial charge >= 0.3 is 5.97 Å². The van der Waals surface area contributed by atoms with Gasteiger partial charge in [-0.3, -0.25) is 0 Å². The molecule has 1 aliphatic heterocycles. The lowest BCUT2D eigenvalue weighted by atomic mass is 10.00. The lowest BCUT2D eigenvalue weighted by molar-refractivity contribution is -0.139. The quantitative estimate of drug-likeness (QED) is 0.546. The molecule has 0 fully saturated rings. The SMILES string of the molecule is CN1C=CC(N)(C(=O)O)C=C1. The van der Waals surface area contributed by atoms with Crippen LogP contribution in [-0.2, 0) is 4.79 Å². The van der Waals surface area contributed by atoms with Crippen LogP contribution in [0.15, 0.2) is 24.6 Å². The third kappa shape index (κ3) is 1.40. The summed E-state index contributed by atoms with van der Waals surface area (Å²) < 4.78 is 0. The Bertz CT molecular complexity index is 219. The van der Waals surface area contributed by atoms with Crippen molar-refractivity contribution in [2.75, 3.05) is 7.05 Å². The van der Waals surface area contributed by atoms with Crippen molar-refractivity contribution >= 4 is 5.97 Å². The standard InChI is InChI=1S/C7H10N2O2/c1-9-4-2-7(8,3-5-9)6(10)11/h2-5H,8H2,1H3,(H,10,11). The highest BCUT2D eigenvalue weighted by Crippen LogP contribution is 2.11. The fraction of sp³-hybridized carbons (Fsp3) is 0.286. The lowest BCUT2D eigenvalue weighted by Crippen LogP contribution is -2.45. The van der Waals surface area contributed by atoms with Crippen LogP contribution in [0.2, 0.25) is 0 Å². The van der Waals surface area contributed by atoms with Crippen molar-refractivity contribution in [3.8, 4) is 0 Å².